The SMILES string of the molecule is CCC(NCc1ccc(NC(=O)c2cc(N(CC3CC3)C3CCCCC3)ncn2)cc1)C(=O)O.CN(CC(=O)O)Cc1ccc(NC(=O)c2cc(N(CC3CC3)C3CCCCC3)ncn2)cc1.O=C(O)CCNCc1ccc(NC(=O)c2cc(N(CC3CC3)C3CCCCC3)ncn2)cc1.O=C(O)CNCc1ccc(NC(=O)c2cc(N(CC3CC3)C3CCCCC3)ncn2)cc1. The van der Waals surface area contributed by atoms with Gasteiger partial charge in [-0.1, -0.05) is 133 Å². The van der Waals surface area contributed by atoms with Gasteiger partial charge in [-0.2, -0.15) is 0 Å². The number of carbonyl (C=O) groups excluding carboxylic acids is 4. The highest BCUT2D eigenvalue weighted by atomic mass is 16.4. The number of aromatic nitrogens is 8. The van der Waals surface area contributed by atoms with E-state index in [1.54, 1.807) is 24.1 Å². The van der Waals surface area contributed by atoms with E-state index in [4.69, 9.17) is 20.4 Å². The zero-order valence-electron chi connectivity index (χ0n) is 76.4. The molecular formula is C100H132N20O12. The Morgan fingerprint density at radius 1 is 0.348 bits per heavy atom. The number of hydrogen-bond donors (Lipinski definition) is 11. The second-order valence-electron chi connectivity index (χ2n) is 36.8. The molecule has 0 aliphatic heterocycles. The van der Waals surface area contributed by atoms with Crippen LogP contribution in [0.4, 0.5) is 46.0 Å². The van der Waals surface area contributed by atoms with Gasteiger partial charge in [0.2, 0.25) is 0 Å². The van der Waals surface area contributed by atoms with Crippen molar-refractivity contribution in [1.82, 2.24) is 60.7 Å². The Balaban J connectivity index is 0.000000150. The first-order valence-electron chi connectivity index (χ1n) is 47.8. The molecule has 0 radical (unpaired) electrons. The molecule has 4 aromatic carbocycles. The van der Waals surface area contributed by atoms with Crippen LogP contribution in [0.25, 0.3) is 0 Å². The Hall–Kier alpha value is -12.0. The number of amides is 4. The average molecular weight is 1810 g/mol. The maximum absolute atomic E-state index is 12.9. The van der Waals surface area contributed by atoms with E-state index < -0.39 is 29.9 Å². The predicted molar refractivity (Wildman–Crippen MR) is 509 cm³/mol. The van der Waals surface area contributed by atoms with Crippen LogP contribution in [0.5, 0.6) is 0 Å². The number of benzene rings is 4. The van der Waals surface area contributed by atoms with Gasteiger partial charge in [-0.3, -0.25) is 43.3 Å². The second kappa shape index (κ2) is 50.0. The summed E-state index contributed by atoms with van der Waals surface area (Å²) < 4.78 is 0. The number of hydrogen-bond acceptors (Lipinski definition) is 24. The quantitative estimate of drug-likeness (QED) is 0.0158. The topological polar surface area (TPSA) is 421 Å². The Kier molecular flexibility index (Phi) is 37.0. The van der Waals surface area contributed by atoms with Crippen molar-refractivity contribution in [3.8, 4) is 0 Å². The van der Waals surface area contributed by atoms with Gasteiger partial charge in [0.15, 0.2) is 0 Å². The fourth-order valence-corrected chi connectivity index (χ4v) is 17.7. The van der Waals surface area contributed by atoms with Crippen LogP contribution in [0.2, 0.25) is 0 Å². The summed E-state index contributed by atoms with van der Waals surface area (Å²) in [6.07, 6.45) is 41.6. The van der Waals surface area contributed by atoms with Crippen molar-refractivity contribution >= 4 is 93.5 Å². The molecule has 0 saturated heterocycles. The van der Waals surface area contributed by atoms with Crippen molar-refractivity contribution in [3.63, 3.8) is 0 Å². The van der Waals surface area contributed by atoms with E-state index in [0.29, 0.717) is 109 Å². The lowest BCUT2D eigenvalue weighted by atomic mass is 9.94. The predicted octanol–water partition coefficient (Wildman–Crippen LogP) is 15.3. The molecule has 4 aromatic heterocycles. The number of anilines is 8. The van der Waals surface area contributed by atoms with E-state index in [9.17, 15) is 38.4 Å². The lowest BCUT2D eigenvalue weighted by Gasteiger charge is -2.35. The lowest BCUT2D eigenvalue weighted by Crippen LogP contribution is -2.39. The molecule has 8 saturated carbocycles. The molecule has 704 valence electrons. The van der Waals surface area contributed by atoms with Crippen LogP contribution in [0.1, 0.15) is 264 Å². The number of rotatable bonds is 42. The van der Waals surface area contributed by atoms with Crippen LogP contribution in [0.3, 0.4) is 0 Å². The molecule has 4 heterocycles. The summed E-state index contributed by atoms with van der Waals surface area (Å²) in [6.45, 7) is 8.21. The summed E-state index contributed by atoms with van der Waals surface area (Å²) in [7, 11) is 1.76. The standard InChI is InChI=1S/C26H35N5O3.2C25H33N5O3.C24H31N5O3/c1-2-22(26(33)34)27-15-18-10-12-20(13-11-18)30-25(32)23-14-24(29-17-28-23)31(16-19-8-9-19)21-6-4-3-5-7-21;1-29(16-24(31)32)14-18-9-11-20(12-10-18)28-25(33)22-13-23(27-17-26-22)30(15-19-7-8-19)21-5-3-2-4-6-21;31-24(32)12-13-26-15-18-8-10-20(11-9-18)29-25(33)22-14-23(28-17-27-22)30(16-19-6-7-19)21-4-2-1-3-5-21;30-23(31)14-25-13-17-8-10-19(11-9-17)28-24(32)21-12-22(27-16-26-21)29(15-18-6-7-18)20-4-2-1-3-5-20/h10-14,17,19,21-22,27H,2-9,15-16H2,1H3,(H,30,32)(H,33,34);9-13,17,19,21H,2-8,14-16H2,1H3,(H,28,33)(H,31,32);8-11,14,17,19,21,26H,1-7,12-13,15-16H2,(H,29,33)(H,31,32);8-12,16,18,20,25H,1-7,13-15H2,(H,28,32)(H,30,31). The molecule has 1 unspecified atom stereocenters. The van der Waals surface area contributed by atoms with E-state index in [2.05, 4.69) is 96.7 Å². The van der Waals surface area contributed by atoms with Gasteiger partial charge < -0.3 is 77.2 Å². The van der Waals surface area contributed by atoms with Crippen LogP contribution >= 0.6 is 0 Å². The number of nitrogens with zero attached hydrogens (tertiary/aromatic N) is 13. The first kappa shape index (κ1) is 97.5. The van der Waals surface area contributed by atoms with Crippen molar-refractivity contribution in [3.05, 3.63) is 192 Å². The first-order valence-corrected chi connectivity index (χ1v) is 47.8. The second-order valence-corrected chi connectivity index (χ2v) is 36.8. The highest BCUT2D eigenvalue weighted by molar-refractivity contribution is 6.05. The molecule has 16 rings (SSSR count). The molecule has 8 aromatic rings. The highest BCUT2D eigenvalue weighted by Crippen LogP contribution is 2.40. The van der Waals surface area contributed by atoms with Crippen LogP contribution < -0.4 is 56.8 Å². The first-order chi connectivity index (χ1) is 64.2. The minimum Gasteiger partial charge on any atom is -0.481 e. The van der Waals surface area contributed by atoms with Gasteiger partial charge in [0.1, 0.15) is 77.4 Å². The van der Waals surface area contributed by atoms with E-state index >= 15 is 0 Å². The van der Waals surface area contributed by atoms with Crippen LogP contribution in [0, 0.1) is 23.7 Å². The third-order valence-electron chi connectivity index (χ3n) is 25.8. The van der Waals surface area contributed by atoms with E-state index in [0.717, 1.165) is 95.4 Å². The van der Waals surface area contributed by atoms with Gasteiger partial charge in [-0.05, 0) is 211 Å². The Labute approximate surface area is 774 Å². The smallest absolute Gasteiger partial charge is 0.320 e. The monoisotopic (exact) mass is 1810 g/mol. The maximum Gasteiger partial charge on any atom is 0.320 e. The lowest BCUT2D eigenvalue weighted by molar-refractivity contribution is -0.140. The third kappa shape index (κ3) is 32.2. The van der Waals surface area contributed by atoms with Crippen LogP contribution in [-0.2, 0) is 45.4 Å². The fraction of sp³-hybridized carbons (Fsp3) is 0.520. The van der Waals surface area contributed by atoms with Gasteiger partial charge in [0.25, 0.3) is 23.6 Å². The molecule has 32 heteroatoms. The van der Waals surface area contributed by atoms with Crippen molar-refractivity contribution in [2.45, 2.75) is 256 Å². The highest BCUT2D eigenvalue weighted by Gasteiger charge is 2.36. The summed E-state index contributed by atoms with van der Waals surface area (Å²) in [5.74, 6) is 1.93. The van der Waals surface area contributed by atoms with Crippen LogP contribution in [0.15, 0.2) is 147 Å². The molecule has 132 heavy (non-hydrogen) atoms. The minimum absolute atomic E-state index is 0.0207. The number of nitrogens with one attached hydrogen (secondary N) is 7. The van der Waals surface area contributed by atoms with Crippen molar-refractivity contribution < 1.29 is 58.8 Å². The zero-order valence-corrected chi connectivity index (χ0v) is 76.4. The van der Waals surface area contributed by atoms with Gasteiger partial charge in [0, 0.05) is 130 Å². The number of carboxylic acid groups (broad SMARTS) is 4. The van der Waals surface area contributed by atoms with E-state index in [-0.39, 0.29) is 43.1 Å². The molecule has 0 spiro atoms. The molecule has 8 aliphatic rings. The fourth-order valence-electron chi connectivity index (χ4n) is 17.7. The van der Waals surface area contributed by atoms with E-state index in [1.165, 1.54) is 205 Å². The molecular weight excluding hydrogens is 1670 g/mol. The van der Waals surface area contributed by atoms with Crippen molar-refractivity contribution in [2.24, 2.45) is 23.7 Å². The molecule has 0 bridgehead atoms. The largest absolute Gasteiger partial charge is 0.481 e. The average Bonchev–Trinajstić information content (AvgIpc) is 1.60. The van der Waals surface area contributed by atoms with Gasteiger partial charge >= 0.3 is 23.9 Å². The number of likely N-dealkylation sites (N-methyl/N-ethyl adjacent to an activating group) is 1. The number of carboxylic acids is 4. The Bertz CT molecular complexity index is 5040. The molecule has 11 N–H and O–H groups in total. The minimum atomic E-state index is -0.891. The van der Waals surface area contributed by atoms with Crippen LogP contribution in [-0.4, -0.2) is 196 Å². The summed E-state index contributed by atoms with van der Waals surface area (Å²) in [5.41, 5.74) is 8.04. The summed E-state index contributed by atoms with van der Waals surface area (Å²) in [4.78, 5) is 141. The van der Waals surface area contributed by atoms with Crippen molar-refractivity contribution in [2.75, 3.05) is 93.7 Å². The molecule has 1 atom stereocenters. The van der Waals surface area contributed by atoms with Gasteiger partial charge in [0.05, 0.1) is 19.5 Å². The number of aliphatic carboxylic acids is 4. The Morgan fingerprint density at radius 3 is 0.902 bits per heavy atom. The maximum atomic E-state index is 12.9. The molecule has 8 aliphatic carbocycles. The third-order valence-corrected chi connectivity index (χ3v) is 25.8. The van der Waals surface area contributed by atoms with Gasteiger partial charge in [-0.15, -0.1) is 0 Å². The van der Waals surface area contributed by atoms with Gasteiger partial charge in [-0.25, -0.2) is 39.9 Å². The summed E-state index contributed by atoms with van der Waals surface area (Å²) in [6, 6.07) is 38.4. The molecule has 32 nitrogen and oxygen atoms in total. The normalized spacial score (nSPS) is 16.7. The summed E-state index contributed by atoms with van der Waals surface area (Å²) >= 11 is 0. The molecule has 4 amide bonds. The zero-order chi connectivity index (χ0) is 92.5. The number of carbonyl (C=O) groups is 8. The van der Waals surface area contributed by atoms with E-state index in [1.807, 2.05) is 116 Å². The summed E-state index contributed by atoms with van der Waals surface area (Å²) in [5, 5.41) is 56.0. The molecule has 8 fully saturated rings. The Morgan fingerprint density at radius 2 is 0.636 bits per heavy atom. The van der Waals surface area contributed by atoms with Crippen molar-refractivity contribution in [1.29, 1.82) is 0 Å².